The second kappa shape index (κ2) is 9.79. The van der Waals surface area contributed by atoms with Gasteiger partial charge in [0.25, 0.3) is 0 Å². The number of halogens is 1. The van der Waals surface area contributed by atoms with Crippen LogP contribution in [-0.2, 0) is 19.4 Å². The Kier molecular flexibility index (Phi) is 6.41. The van der Waals surface area contributed by atoms with Crippen molar-refractivity contribution in [3.05, 3.63) is 94.8 Å². The first-order chi connectivity index (χ1) is 17.0. The van der Waals surface area contributed by atoms with E-state index in [0.29, 0.717) is 30.7 Å². The molecule has 0 fully saturated rings. The smallest absolute Gasteiger partial charge is 0.202 e. The van der Waals surface area contributed by atoms with Gasteiger partial charge in [-0.2, -0.15) is 5.10 Å². The van der Waals surface area contributed by atoms with E-state index < -0.39 is 0 Å². The number of aromatic amines is 1. The van der Waals surface area contributed by atoms with Crippen molar-refractivity contribution < 1.29 is 4.39 Å². The first-order valence-corrected chi connectivity index (χ1v) is 11.9. The van der Waals surface area contributed by atoms with Gasteiger partial charge in [0.05, 0.1) is 29.5 Å². The Morgan fingerprint density at radius 3 is 2.57 bits per heavy atom. The molecule has 178 valence electrons. The second-order valence-corrected chi connectivity index (χ2v) is 8.88. The summed E-state index contributed by atoms with van der Waals surface area (Å²) in [4.78, 5) is 14.6. The van der Waals surface area contributed by atoms with E-state index in [0.717, 1.165) is 39.8 Å². The van der Waals surface area contributed by atoms with E-state index in [2.05, 4.69) is 19.9 Å². The topological polar surface area (TPSA) is 67.6 Å². The Morgan fingerprint density at radius 1 is 1.03 bits per heavy atom. The fraction of sp³-hybridized carbons (Fsp3) is 0.231. The molecule has 2 aromatic carbocycles. The SMILES string of the molecule is Cc1ccc(-n2c(CCN(C)c3ccc(F)cc3)nn(CCc3nc4ccccc4[nH]3)c2=S)cn1. The minimum Gasteiger partial charge on any atom is -0.374 e. The van der Waals surface area contributed by atoms with Gasteiger partial charge in [-0.05, 0) is 67.7 Å². The Hall–Kier alpha value is -3.85. The lowest BCUT2D eigenvalue weighted by atomic mass is 10.2. The Labute approximate surface area is 207 Å². The van der Waals surface area contributed by atoms with Gasteiger partial charge >= 0.3 is 0 Å². The average Bonchev–Trinajstić information content (AvgIpc) is 3.42. The summed E-state index contributed by atoms with van der Waals surface area (Å²) in [6.45, 7) is 3.25. The van der Waals surface area contributed by atoms with E-state index in [9.17, 15) is 4.39 Å². The molecule has 0 spiro atoms. The summed E-state index contributed by atoms with van der Waals surface area (Å²) in [5.41, 5.74) is 4.74. The van der Waals surface area contributed by atoms with Crippen LogP contribution in [0.4, 0.5) is 10.1 Å². The standard InChI is InChI=1S/C26H26FN7S/c1-18-7-10-21(17-28-18)34-25(14-15-32(2)20-11-8-19(27)9-12-20)31-33(26(34)35)16-13-24-29-22-5-3-4-6-23(22)30-24/h3-12,17H,13-16H2,1-2H3,(H,29,30). The van der Waals surface area contributed by atoms with Crippen LogP contribution in [0.1, 0.15) is 17.3 Å². The number of fused-ring (bicyclic) bond motifs is 1. The highest BCUT2D eigenvalue weighted by Gasteiger charge is 2.15. The van der Waals surface area contributed by atoms with Crippen LogP contribution in [0.3, 0.4) is 0 Å². The van der Waals surface area contributed by atoms with Gasteiger partial charge in [0.15, 0.2) is 0 Å². The van der Waals surface area contributed by atoms with Gasteiger partial charge in [-0.15, -0.1) is 0 Å². The van der Waals surface area contributed by atoms with Gasteiger partial charge in [-0.25, -0.2) is 14.1 Å². The van der Waals surface area contributed by atoms with Gasteiger partial charge in [0.2, 0.25) is 4.77 Å². The van der Waals surface area contributed by atoms with E-state index in [4.69, 9.17) is 17.3 Å². The maximum Gasteiger partial charge on any atom is 0.202 e. The maximum absolute atomic E-state index is 13.3. The van der Waals surface area contributed by atoms with E-state index in [1.807, 2.05) is 65.8 Å². The molecule has 1 N–H and O–H groups in total. The van der Waals surface area contributed by atoms with Crippen LogP contribution in [0.2, 0.25) is 0 Å². The molecule has 0 unspecified atom stereocenters. The summed E-state index contributed by atoms with van der Waals surface area (Å²) in [5, 5.41) is 4.88. The monoisotopic (exact) mass is 487 g/mol. The quantitative estimate of drug-likeness (QED) is 0.311. The Morgan fingerprint density at radius 2 is 1.83 bits per heavy atom. The molecule has 3 heterocycles. The molecule has 0 aliphatic carbocycles. The van der Waals surface area contributed by atoms with E-state index in [-0.39, 0.29) is 5.82 Å². The predicted octanol–water partition coefficient (Wildman–Crippen LogP) is 5.04. The molecule has 0 radical (unpaired) electrons. The normalized spacial score (nSPS) is 11.3. The second-order valence-electron chi connectivity index (χ2n) is 8.51. The number of H-pyrrole nitrogens is 1. The van der Waals surface area contributed by atoms with Crippen molar-refractivity contribution in [3.8, 4) is 5.69 Å². The number of nitrogens with zero attached hydrogens (tertiary/aromatic N) is 6. The zero-order chi connectivity index (χ0) is 24.4. The molecule has 0 aliphatic rings. The summed E-state index contributed by atoms with van der Waals surface area (Å²) in [7, 11) is 1.98. The number of anilines is 1. The maximum atomic E-state index is 13.3. The third kappa shape index (κ3) is 5.00. The summed E-state index contributed by atoms with van der Waals surface area (Å²) in [5.74, 6) is 1.50. The minimum absolute atomic E-state index is 0.245. The van der Waals surface area contributed by atoms with Crippen LogP contribution in [0.25, 0.3) is 16.7 Å². The zero-order valence-electron chi connectivity index (χ0n) is 19.6. The number of hydrogen-bond acceptors (Lipinski definition) is 5. The molecule has 0 atom stereocenters. The molecular formula is C26H26FN7S. The highest BCUT2D eigenvalue weighted by Crippen LogP contribution is 2.17. The molecule has 0 saturated heterocycles. The third-order valence-corrected chi connectivity index (χ3v) is 6.39. The van der Waals surface area contributed by atoms with Crippen molar-refractivity contribution in [1.82, 2.24) is 29.3 Å². The number of likely N-dealkylation sites (N-methyl/N-ethyl adjacent to an activating group) is 1. The molecule has 0 amide bonds. The molecule has 7 nitrogen and oxygen atoms in total. The van der Waals surface area contributed by atoms with Crippen LogP contribution in [0.15, 0.2) is 66.9 Å². The average molecular weight is 488 g/mol. The largest absolute Gasteiger partial charge is 0.374 e. The number of benzene rings is 2. The first-order valence-electron chi connectivity index (χ1n) is 11.5. The number of imidazole rings is 1. The molecule has 0 bridgehead atoms. The summed E-state index contributed by atoms with van der Waals surface area (Å²) < 4.78 is 17.8. The third-order valence-electron chi connectivity index (χ3n) is 6.00. The molecule has 35 heavy (non-hydrogen) atoms. The number of aromatic nitrogens is 6. The molecular weight excluding hydrogens is 461 g/mol. The first kappa shape index (κ1) is 22.9. The predicted molar refractivity (Wildman–Crippen MR) is 138 cm³/mol. The molecule has 5 rings (SSSR count). The lowest BCUT2D eigenvalue weighted by Crippen LogP contribution is -2.21. The van der Waals surface area contributed by atoms with Crippen LogP contribution in [0, 0.1) is 17.5 Å². The Balaban J connectivity index is 1.40. The number of aryl methyl sites for hydroxylation is 3. The van der Waals surface area contributed by atoms with E-state index in [1.54, 1.807) is 12.1 Å². The molecule has 0 saturated carbocycles. The highest BCUT2D eigenvalue weighted by molar-refractivity contribution is 7.71. The molecule has 5 aromatic rings. The van der Waals surface area contributed by atoms with Crippen LogP contribution < -0.4 is 4.90 Å². The zero-order valence-corrected chi connectivity index (χ0v) is 20.5. The number of para-hydroxylation sites is 2. The van der Waals surface area contributed by atoms with Crippen molar-refractivity contribution in [2.45, 2.75) is 26.3 Å². The van der Waals surface area contributed by atoms with Crippen molar-refractivity contribution in [1.29, 1.82) is 0 Å². The van der Waals surface area contributed by atoms with Gasteiger partial charge in [0.1, 0.15) is 17.5 Å². The number of nitrogens with one attached hydrogen (secondary N) is 1. The number of rotatable bonds is 8. The van der Waals surface area contributed by atoms with Gasteiger partial charge in [0, 0.05) is 37.8 Å². The lowest BCUT2D eigenvalue weighted by molar-refractivity contribution is 0.587. The Bertz CT molecular complexity index is 1470. The van der Waals surface area contributed by atoms with E-state index in [1.165, 1.54) is 12.1 Å². The summed E-state index contributed by atoms with van der Waals surface area (Å²) >= 11 is 5.84. The van der Waals surface area contributed by atoms with Gasteiger partial charge in [-0.3, -0.25) is 9.55 Å². The van der Waals surface area contributed by atoms with Gasteiger partial charge in [-0.1, -0.05) is 12.1 Å². The van der Waals surface area contributed by atoms with Crippen molar-refractivity contribution in [2.75, 3.05) is 18.5 Å². The fourth-order valence-electron chi connectivity index (χ4n) is 4.04. The van der Waals surface area contributed by atoms with Crippen LogP contribution in [0.5, 0.6) is 0 Å². The molecule has 3 aromatic heterocycles. The lowest BCUT2D eigenvalue weighted by Gasteiger charge is -2.19. The van der Waals surface area contributed by atoms with Crippen LogP contribution in [-0.4, -0.2) is 42.9 Å². The van der Waals surface area contributed by atoms with Crippen LogP contribution >= 0.6 is 12.2 Å². The molecule has 9 heteroatoms. The highest BCUT2D eigenvalue weighted by atomic mass is 32.1. The number of hydrogen-bond donors (Lipinski definition) is 1. The minimum atomic E-state index is -0.245. The van der Waals surface area contributed by atoms with Crippen molar-refractivity contribution in [2.24, 2.45) is 0 Å². The fourth-order valence-corrected chi connectivity index (χ4v) is 4.38. The number of pyridine rings is 1. The summed E-state index contributed by atoms with van der Waals surface area (Å²) in [6.07, 6.45) is 3.16. The van der Waals surface area contributed by atoms with Crippen molar-refractivity contribution >= 4 is 28.9 Å². The molecule has 0 aliphatic heterocycles. The summed E-state index contributed by atoms with van der Waals surface area (Å²) in [6, 6.07) is 18.5. The van der Waals surface area contributed by atoms with Gasteiger partial charge < -0.3 is 9.88 Å². The van der Waals surface area contributed by atoms with E-state index >= 15 is 0 Å². The van der Waals surface area contributed by atoms with Crippen molar-refractivity contribution in [3.63, 3.8) is 0 Å².